The van der Waals surface area contributed by atoms with Gasteiger partial charge in [0.2, 0.25) is 11.8 Å². The summed E-state index contributed by atoms with van der Waals surface area (Å²) < 4.78 is 13.2. The highest BCUT2D eigenvalue weighted by Crippen LogP contribution is 2.32. The molecule has 0 aromatic heterocycles. The van der Waals surface area contributed by atoms with Crippen LogP contribution in [-0.4, -0.2) is 17.9 Å². The van der Waals surface area contributed by atoms with Crippen molar-refractivity contribution in [2.45, 2.75) is 38.6 Å². The van der Waals surface area contributed by atoms with Gasteiger partial charge in [-0.15, -0.1) is 0 Å². The third-order valence-corrected chi connectivity index (χ3v) is 3.37. The zero-order valence-corrected chi connectivity index (χ0v) is 11.0. The van der Waals surface area contributed by atoms with Crippen molar-refractivity contribution in [3.8, 4) is 0 Å². The van der Waals surface area contributed by atoms with Crippen LogP contribution in [0.5, 0.6) is 0 Å². The summed E-state index contributed by atoms with van der Waals surface area (Å²) in [5.74, 6) is -1.42. The van der Waals surface area contributed by atoms with Crippen molar-refractivity contribution in [1.29, 1.82) is 0 Å². The number of anilines is 1. The molecule has 0 saturated heterocycles. The van der Waals surface area contributed by atoms with E-state index in [-0.39, 0.29) is 24.3 Å². The number of fused-ring (bicyclic) bond motifs is 1. The van der Waals surface area contributed by atoms with E-state index < -0.39 is 11.7 Å². The molecule has 0 saturated carbocycles. The molecule has 102 valence electrons. The van der Waals surface area contributed by atoms with Crippen LogP contribution in [0.15, 0.2) is 18.2 Å². The highest BCUT2D eigenvalue weighted by Gasteiger charge is 2.31. The van der Waals surface area contributed by atoms with Crippen LogP contribution in [-0.2, 0) is 9.59 Å². The minimum Gasteiger partial charge on any atom is -0.353 e. The molecule has 0 spiro atoms. The first kappa shape index (κ1) is 13.5. The first-order valence-corrected chi connectivity index (χ1v) is 6.41. The van der Waals surface area contributed by atoms with Crippen molar-refractivity contribution in [3.05, 3.63) is 29.6 Å². The van der Waals surface area contributed by atoms with Gasteiger partial charge in [0.1, 0.15) is 5.82 Å². The normalized spacial score (nSPS) is 19.3. The fourth-order valence-corrected chi connectivity index (χ4v) is 2.12. The maximum Gasteiger partial charge on any atom is 0.228 e. The second-order valence-electron chi connectivity index (χ2n) is 4.85. The lowest BCUT2D eigenvalue weighted by Gasteiger charge is -2.26. The molecular formula is C14H17FN2O2. The van der Waals surface area contributed by atoms with E-state index in [4.69, 9.17) is 0 Å². The Hall–Kier alpha value is -1.91. The molecule has 0 radical (unpaired) electrons. The van der Waals surface area contributed by atoms with E-state index in [0.717, 1.165) is 6.42 Å². The number of carbonyl (C=O) groups is 2. The minimum atomic E-state index is -0.543. The van der Waals surface area contributed by atoms with E-state index in [1.54, 1.807) is 6.07 Å². The number of hydrogen-bond donors (Lipinski definition) is 2. The fourth-order valence-electron chi connectivity index (χ4n) is 2.12. The molecule has 1 aromatic carbocycles. The van der Waals surface area contributed by atoms with Crippen LogP contribution < -0.4 is 10.6 Å². The molecule has 0 bridgehead atoms. The highest BCUT2D eigenvalue weighted by atomic mass is 19.1. The van der Waals surface area contributed by atoms with Gasteiger partial charge in [-0.05, 0) is 31.0 Å². The fraction of sp³-hybridized carbons (Fsp3) is 0.429. The van der Waals surface area contributed by atoms with E-state index >= 15 is 0 Å². The lowest BCUT2D eigenvalue weighted by Crippen LogP contribution is -2.39. The monoisotopic (exact) mass is 264 g/mol. The SMILES string of the molecule is CCC(C)NC(=O)[C@H]1CC(=O)Nc2cc(F)ccc21. The summed E-state index contributed by atoms with van der Waals surface area (Å²) in [4.78, 5) is 23.8. The molecular weight excluding hydrogens is 247 g/mol. The smallest absolute Gasteiger partial charge is 0.228 e. The van der Waals surface area contributed by atoms with Crippen molar-refractivity contribution < 1.29 is 14.0 Å². The van der Waals surface area contributed by atoms with E-state index in [2.05, 4.69) is 10.6 Å². The van der Waals surface area contributed by atoms with Gasteiger partial charge in [0.15, 0.2) is 0 Å². The summed E-state index contributed by atoms with van der Waals surface area (Å²) >= 11 is 0. The predicted molar refractivity (Wildman–Crippen MR) is 70.3 cm³/mol. The molecule has 2 amide bonds. The number of rotatable bonds is 3. The standard InChI is InChI=1S/C14H17FN2O2/c1-3-8(2)16-14(19)11-7-13(18)17-12-6-9(15)4-5-10(11)12/h4-6,8,11H,3,7H2,1-2H3,(H,16,19)(H,17,18)/t8?,11-/m0/s1. The average molecular weight is 264 g/mol. The zero-order valence-electron chi connectivity index (χ0n) is 11.0. The molecule has 2 N–H and O–H groups in total. The molecule has 1 aromatic rings. The van der Waals surface area contributed by atoms with Crippen molar-refractivity contribution >= 4 is 17.5 Å². The molecule has 1 aliphatic rings. The van der Waals surface area contributed by atoms with Crippen molar-refractivity contribution in [2.75, 3.05) is 5.32 Å². The van der Waals surface area contributed by atoms with Gasteiger partial charge >= 0.3 is 0 Å². The zero-order chi connectivity index (χ0) is 14.0. The summed E-state index contributed by atoms with van der Waals surface area (Å²) in [5.41, 5.74) is 1.06. The highest BCUT2D eigenvalue weighted by molar-refractivity contribution is 6.01. The van der Waals surface area contributed by atoms with Gasteiger partial charge in [0.05, 0.1) is 5.92 Å². The number of carbonyl (C=O) groups excluding carboxylic acids is 2. The quantitative estimate of drug-likeness (QED) is 0.879. The maximum atomic E-state index is 13.2. The first-order chi connectivity index (χ1) is 9.01. The molecule has 2 atom stereocenters. The van der Waals surface area contributed by atoms with Crippen LogP contribution in [0, 0.1) is 5.82 Å². The second kappa shape index (κ2) is 5.38. The largest absolute Gasteiger partial charge is 0.353 e. The van der Waals surface area contributed by atoms with Crippen LogP contribution in [0.4, 0.5) is 10.1 Å². The van der Waals surface area contributed by atoms with E-state index in [9.17, 15) is 14.0 Å². The predicted octanol–water partition coefficient (Wildman–Crippen LogP) is 2.17. The topological polar surface area (TPSA) is 58.2 Å². The van der Waals surface area contributed by atoms with Gasteiger partial charge in [0, 0.05) is 18.2 Å². The van der Waals surface area contributed by atoms with Crippen LogP contribution in [0.2, 0.25) is 0 Å². The van der Waals surface area contributed by atoms with Crippen LogP contribution >= 0.6 is 0 Å². The molecule has 1 unspecified atom stereocenters. The Morgan fingerprint density at radius 2 is 2.32 bits per heavy atom. The summed E-state index contributed by atoms with van der Waals surface area (Å²) in [6, 6.07) is 4.17. The Kier molecular flexibility index (Phi) is 3.83. The summed E-state index contributed by atoms with van der Waals surface area (Å²) in [5, 5.41) is 5.46. The molecule has 1 heterocycles. The number of benzene rings is 1. The number of hydrogen-bond acceptors (Lipinski definition) is 2. The van der Waals surface area contributed by atoms with Crippen molar-refractivity contribution in [2.24, 2.45) is 0 Å². The van der Waals surface area contributed by atoms with Gasteiger partial charge in [-0.1, -0.05) is 13.0 Å². The van der Waals surface area contributed by atoms with Crippen molar-refractivity contribution in [1.82, 2.24) is 5.32 Å². The van der Waals surface area contributed by atoms with Gasteiger partial charge in [0.25, 0.3) is 0 Å². The number of nitrogens with one attached hydrogen (secondary N) is 2. The summed E-state index contributed by atoms with van der Waals surface area (Å²) in [6.07, 6.45) is 0.918. The number of halogens is 1. The van der Waals surface area contributed by atoms with E-state index in [1.807, 2.05) is 13.8 Å². The van der Waals surface area contributed by atoms with Crippen LogP contribution in [0.3, 0.4) is 0 Å². The summed E-state index contributed by atoms with van der Waals surface area (Å²) in [6.45, 7) is 3.88. The Balaban J connectivity index is 2.27. The van der Waals surface area contributed by atoms with Gasteiger partial charge in [-0.25, -0.2) is 4.39 Å². The van der Waals surface area contributed by atoms with Crippen molar-refractivity contribution in [3.63, 3.8) is 0 Å². The average Bonchev–Trinajstić information content (AvgIpc) is 2.36. The van der Waals surface area contributed by atoms with Gasteiger partial charge in [-0.3, -0.25) is 9.59 Å². The number of amides is 2. The molecule has 4 nitrogen and oxygen atoms in total. The molecule has 2 rings (SSSR count). The maximum absolute atomic E-state index is 13.2. The second-order valence-corrected chi connectivity index (χ2v) is 4.85. The molecule has 19 heavy (non-hydrogen) atoms. The molecule has 0 fully saturated rings. The first-order valence-electron chi connectivity index (χ1n) is 6.41. The lowest BCUT2D eigenvalue weighted by molar-refractivity contribution is -0.126. The van der Waals surface area contributed by atoms with E-state index in [1.165, 1.54) is 12.1 Å². The Morgan fingerprint density at radius 3 is 3.00 bits per heavy atom. The van der Waals surface area contributed by atoms with Gasteiger partial charge < -0.3 is 10.6 Å². The Labute approximate surface area is 111 Å². The van der Waals surface area contributed by atoms with E-state index in [0.29, 0.717) is 11.3 Å². The van der Waals surface area contributed by atoms with Crippen LogP contribution in [0.1, 0.15) is 38.2 Å². The van der Waals surface area contributed by atoms with Crippen LogP contribution in [0.25, 0.3) is 0 Å². The molecule has 1 aliphatic heterocycles. The lowest BCUT2D eigenvalue weighted by atomic mass is 9.89. The molecule has 5 heteroatoms. The molecule has 0 aliphatic carbocycles. The Morgan fingerprint density at radius 1 is 1.58 bits per heavy atom. The summed E-state index contributed by atoms with van der Waals surface area (Å²) in [7, 11) is 0. The van der Waals surface area contributed by atoms with Gasteiger partial charge in [-0.2, -0.15) is 0 Å². The minimum absolute atomic E-state index is 0.0568. The third kappa shape index (κ3) is 2.92. The third-order valence-electron chi connectivity index (χ3n) is 3.37. The Bertz CT molecular complexity index is 516.